The highest BCUT2D eigenvalue weighted by Gasteiger charge is 2.10. The van der Waals surface area contributed by atoms with Gasteiger partial charge in [-0.2, -0.15) is 0 Å². The summed E-state index contributed by atoms with van der Waals surface area (Å²) >= 11 is 1.46. The first-order valence-corrected chi connectivity index (χ1v) is 7.38. The van der Waals surface area contributed by atoms with Gasteiger partial charge in [0.25, 0.3) is 0 Å². The number of amides is 1. The molecular formula is C14H18N4OS. The molecule has 106 valence electrons. The molecular weight excluding hydrogens is 272 g/mol. The Hall–Kier alpha value is -1.82. The van der Waals surface area contributed by atoms with E-state index in [-0.39, 0.29) is 5.91 Å². The molecule has 5 nitrogen and oxygen atoms in total. The van der Waals surface area contributed by atoms with Gasteiger partial charge in [-0.15, -0.1) is 0 Å². The fourth-order valence-electron chi connectivity index (χ4n) is 1.70. The first kappa shape index (κ1) is 14.6. The van der Waals surface area contributed by atoms with Crippen LogP contribution in [0.15, 0.2) is 42.1 Å². The molecule has 0 aliphatic carbocycles. The second-order valence-corrected chi connectivity index (χ2v) is 5.47. The Labute approximate surface area is 123 Å². The number of rotatable bonds is 6. The van der Waals surface area contributed by atoms with Crippen molar-refractivity contribution in [1.82, 2.24) is 19.4 Å². The highest BCUT2D eigenvalue weighted by molar-refractivity contribution is 7.99. The predicted molar refractivity (Wildman–Crippen MR) is 79.5 cm³/mol. The van der Waals surface area contributed by atoms with Crippen molar-refractivity contribution in [3.8, 4) is 0 Å². The molecule has 2 aromatic heterocycles. The molecule has 6 heteroatoms. The summed E-state index contributed by atoms with van der Waals surface area (Å²) < 4.78 is 1.91. The molecule has 0 saturated carbocycles. The van der Waals surface area contributed by atoms with Crippen molar-refractivity contribution in [3.05, 3.63) is 42.5 Å². The SMILES string of the molecule is CN(CCc1ccncc1)C(=O)CSc1nccn1C. The van der Waals surface area contributed by atoms with Crippen LogP contribution in [0.3, 0.4) is 0 Å². The van der Waals surface area contributed by atoms with Gasteiger partial charge < -0.3 is 9.47 Å². The zero-order valence-electron chi connectivity index (χ0n) is 11.7. The third-order valence-corrected chi connectivity index (χ3v) is 4.06. The van der Waals surface area contributed by atoms with Crippen LogP contribution in [0.25, 0.3) is 0 Å². The zero-order valence-corrected chi connectivity index (χ0v) is 12.5. The van der Waals surface area contributed by atoms with Crippen LogP contribution in [0.2, 0.25) is 0 Å². The average molecular weight is 290 g/mol. The van der Waals surface area contributed by atoms with Crippen LogP contribution in [-0.2, 0) is 18.3 Å². The van der Waals surface area contributed by atoms with Crippen LogP contribution in [0.1, 0.15) is 5.56 Å². The van der Waals surface area contributed by atoms with Crippen LogP contribution >= 0.6 is 11.8 Å². The Morgan fingerprint density at radius 1 is 1.35 bits per heavy atom. The number of thioether (sulfide) groups is 1. The van der Waals surface area contributed by atoms with E-state index < -0.39 is 0 Å². The summed E-state index contributed by atoms with van der Waals surface area (Å²) in [4.78, 5) is 22.0. The Morgan fingerprint density at radius 2 is 2.10 bits per heavy atom. The van der Waals surface area contributed by atoms with Crippen molar-refractivity contribution >= 4 is 17.7 Å². The number of aryl methyl sites for hydroxylation is 1. The lowest BCUT2D eigenvalue weighted by atomic mass is 10.2. The molecule has 0 atom stereocenters. The van der Waals surface area contributed by atoms with Crippen molar-refractivity contribution < 1.29 is 4.79 Å². The number of nitrogens with zero attached hydrogens (tertiary/aromatic N) is 4. The second-order valence-electron chi connectivity index (χ2n) is 4.53. The monoisotopic (exact) mass is 290 g/mol. The Balaban J connectivity index is 1.76. The normalized spacial score (nSPS) is 10.5. The number of carbonyl (C=O) groups excluding carboxylic acids is 1. The van der Waals surface area contributed by atoms with Gasteiger partial charge in [0.05, 0.1) is 5.75 Å². The molecule has 2 rings (SSSR count). The molecule has 0 aromatic carbocycles. The number of imidazole rings is 1. The maximum atomic E-state index is 12.0. The summed E-state index contributed by atoms with van der Waals surface area (Å²) in [7, 11) is 3.76. The highest BCUT2D eigenvalue weighted by Crippen LogP contribution is 2.14. The van der Waals surface area contributed by atoms with Gasteiger partial charge in [-0.3, -0.25) is 9.78 Å². The Morgan fingerprint density at radius 3 is 2.75 bits per heavy atom. The van der Waals surface area contributed by atoms with E-state index in [9.17, 15) is 4.79 Å². The summed E-state index contributed by atoms with van der Waals surface area (Å²) in [6, 6.07) is 3.95. The lowest BCUT2D eigenvalue weighted by Gasteiger charge is -2.16. The van der Waals surface area contributed by atoms with E-state index in [1.54, 1.807) is 23.5 Å². The molecule has 2 heterocycles. The summed E-state index contributed by atoms with van der Waals surface area (Å²) in [5, 5.41) is 0.862. The largest absolute Gasteiger partial charge is 0.345 e. The molecule has 0 fully saturated rings. The number of carbonyl (C=O) groups is 1. The molecule has 0 aliphatic rings. The fraction of sp³-hybridized carbons (Fsp3) is 0.357. The minimum atomic E-state index is 0.118. The van der Waals surface area contributed by atoms with E-state index in [2.05, 4.69) is 9.97 Å². The fourth-order valence-corrected chi connectivity index (χ4v) is 2.57. The van der Waals surface area contributed by atoms with Crippen LogP contribution in [0, 0.1) is 0 Å². The molecule has 20 heavy (non-hydrogen) atoms. The smallest absolute Gasteiger partial charge is 0.232 e. The molecule has 0 unspecified atom stereocenters. The topological polar surface area (TPSA) is 51.0 Å². The number of hydrogen-bond acceptors (Lipinski definition) is 4. The highest BCUT2D eigenvalue weighted by atomic mass is 32.2. The van der Waals surface area contributed by atoms with Gasteiger partial charge in [0.1, 0.15) is 0 Å². The molecule has 2 aromatic rings. The molecule has 0 spiro atoms. The van der Waals surface area contributed by atoms with Crippen LogP contribution in [0.4, 0.5) is 0 Å². The molecule has 1 amide bonds. The zero-order chi connectivity index (χ0) is 14.4. The number of likely N-dealkylation sites (N-methyl/N-ethyl adjacent to an activating group) is 1. The Bertz CT molecular complexity index is 555. The van der Waals surface area contributed by atoms with E-state index in [0.29, 0.717) is 12.3 Å². The van der Waals surface area contributed by atoms with E-state index in [0.717, 1.165) is 11.6 Å². The first-order valence-electron chi connectivity index (χ1n) is 6.40. The summed E-state index contributed by atoms with van der Waals surface area (Å²) in [5.74, 6) is 0.532. The van der Waals surface area contributed by atoms with Gasteiger partial charge in [-0.25, -0.2) is 4.98 Å². The van der Waals surface area contributed by atoms with Crippen molar-refractivity contribution in [2.24, 2.45) is 7.05 Å². The van der Waals surface area contributed by atoms with Gasteiger partial charge >= 0.3 is 0 Å². The first-order chi connectivity index (χ1) is 9.66. The molecule has 0 bridgehead atoms. The van der Waals surface area contributed by atoms with Crippen LogP contribution < -0.4 is 0 Å². The van der Waals surface area contributed by atoms with Gasteiger partial charge in [0.15, 0.2) is 5.16 Å². The lowest BCUT2D eigenvalue weighted by molar-refractivity contribution is -0.127. The van der Waals surface area contributed by atoms with Crippen molar-refractivity contribution in [2.45, 2.75) is 11.6 Å². The summed E-state index contributed by atoms with van der Waals surface area (Å²) in [6.07, 6.45) is 8.00. The minimum absolute atomic E-state index is 0.118. The Kier molecular flexibility index (Phi) is 5.17. The molecule has 0 saturated heterocycles. The lowest BCUT2D eigenvalue weighted by Crippen LogP contribution is -2.30. The van der Waals surface area contributed by atoms with E-state index >= 15 is 0 Å². The van der Waals surface area contributed by atoms with E-state index in [1.807, 2.05) is 37.0 Å². The summed E-state index contributed by atoms with van der Waals surface area (Å²) in [6.45, 7) is 0.712. The van der Waals surface area contributed by atoms with E-state index in [4.69, 9.17) is 0 Å². The van der Waals surface area contributed by atoms with Crippen molar-refractivity contribution in [3.63, 3.8) is 0 Å². The van der Waals surface area contributed by atoms with Gasteiger partial charge in [0, 0.05) is 45.4 Å². The van der Waals surface area contributed by atoms with Gasteiger partial charge in [0.2, 0.25) is 5.91 Å². The quantitative estimate of drug-likeness (QED) is 0.758. The summed E-state index contributed by atoms with van der Waals surface area (Å²) in [5.41, 5.74) is 1.19. The molecule has 0 N–H and O–H groups in total. The second kappa shape index (κ2) is 7.09. The average Bonchev–Trinajstić information content (AvgIpc) is 2.88. The maximum Gasteiger partial charge on any atom is 0.232 e. The number of hydrogen-bond donors (Lipinski definition) is 0. The van der Waals surface area contributed by atoms with Gasteiger partial charge in [-0.1, -0.05) is 11.8 Å². The molecule has 0 radical (unpaired) electrons. The van der Waals surface area contributed by atoms with Crippen molar-refractivity contribution in [2.75, 3.05) is 19.3 Å². The molecule has 0 aliphatic heterocycles. The third kappa shape index (κ3) is 4.09. The number of aromatic nitrogens is 3. The van der Waals surface area contributed by atoms with Gasteiger partial charge in [-0.05, 0) is 24.1 Å². The minimum Gasteiger partial charge on any atom is -0.345 e. The number of pyridine rings is 1. The van der Waals surface area contributed by atoms with E-state index in [1.165, 1.54) is 17.3 Å². The van der Waals surface area contributed by atoms with Crippen LogP contribution in [0.5, 0.6) is 0 Å². The standard InChI is InChI=1S/C14H18N4OS/c1-17(9-5-12-3-6-15-7-4-12)13(19)11-20-14-16-8-10-18(14)2/h3-4,6-8,10H,5,9,11H2,1-2H3. The van der Waals surface area contributed by atoms with Crippen LogP contribution in [-0.4, -0.2) is 44.7 Å². The predicted octanol–water partition coefficient (Wildman–Crippen LogP) is 1.61. The maximum absolute atomic E-state index is 12.0. The van der Waals surface area contributed by atoms with Crippen molar-refractivity contribution in [1.29, 1.82) is 0 Å². The third-order valence-electron chi connectivity index (χ3n) is 3.01.